The summed E-state index contributed by atoms with van der Waals surface area (Å²) in [7, 11) is -3.58. The predicted octanol–water partition coefficient (Wildman–Crippen LogP) is -3.60. The number of carboxylic acids is 1. The molecule has 0 aliphatic carbocycles. The number of esters is 1. The second-order valence-corrected chi connectivity index (χ2v) is 4.82. The molecule has 0 saturated heterocycles. The van der Waals surface area contributed by atoms with Gasteiger partial charge in [0.25, 0.3) is 10.1 Å². The summed E-state index contributed by atoms with van der Waals surface area (Å²) in [6, 6.07) is 1.55. The van der Waals surface area contributed by atoms with E-state index in [1.165, 1.54) is 6.92 Å². The molecule has 0 aliphatic heterocycles. The minimum Gasteiger partial charge on any atom is -0.545 e. The Labute approximate surface area is 121 Å². The minimum atomic E-state index is -4.64. The molecule has 0 atom stereocenters. The molecule has 0 aliphatic rings. The van der Waals surface area contributed by atoms with Gasteiger partial charge in [0.2, 0.25) is 0 Å². The Kier molecular flexibility index (Phi) is 5.77. The predicted molar refractivity (Wildman–Crippen MR) is 56.7 cm³/mol. The van der Waals surface area contributed by atoms with Gasteiger partial charge in [0.1, 0.15) is 0 Å². The molecule has 1 rings (SSSR count). The molecule has 19 heavy (non-hydrogen) atoms. The molecule has 0 heterocycles. The van der Waals surface area contributed by atoms with Crippen LogP contribution in [-0.2, 0) is 14.9 Å². The average molecular weight is 280 g/mol. The van der Waals surface area contributed by atoms with Gasteiger partial charge in [0.05, 0.1) is 23.5 Å². The van der Waals surface area contributed by atoms with Crippen molar-refractivity contribution in [3.05, 3.63) is 28.8 Å². The number of methoxy groups -OCH3 is 1. The zero-order valence-corrected chi connectivity index (χ0v) is 11.3. The zero-order chi connectivity index (χ0) is 14.1. The van der Waals surface area contributed by atoms with Crippen LogP contribution in [0.5, 0.6) is 0 Å². The SMILES string of the molecule is COC(=O)c1cc(S(=O)(=O)O)cc(C(=O)[O-])c1C.[Li+]. The molecule has 1 N–H and O–H groups in total. The van der Waals surface area contributed by atoms with E-state index in [0.717, 1.165) is 13.2 Å². The summed E-state index contributed by atoms with van der Waals surface area (Å²) < 4.78 is 35.2. The molecule has 0 amide bonds. The van der Waals surface area contributed by atoms with Crippen molar-refractivity contribution in [2.24, 2.45) is 0 Å². The molecule has 0 spiro atoms. The summed E-state index contributed by atoms with van der Waals surface area (Å²) in [5.41, 5.74) is -0.786. The molecular weight excluding hydrogens is 271 g/mol. The Morgan fingerprint density at radius 3 is 2.11 bits per heavy atom. The van der Waals surface area contributed by atoms with Gasteiger partial charge < -0.3 is 14.6 Å². The van der Waals surface area contributed by atoms with E-state index in [-0.39, 0.29) is 30.0 Å². The van der Waals surface area contributed by atoms with E-state index in [9.17, 15) is 23.1 Å². The Morgan fingerprint density at radius 1 is 1.26 bits per heavy atom. The third kappa shape index (κ3) is 3.81. The number of rotatable bonds is 3. The van der Waals surface area contributed by atoms with Crippen LogP contribution in [0, 0.1) is 6.92 Å². The van der Waals surface area contributed by atoms with Gasteiger partial charge >= 0.3 is 24.8 Å². The molecule has 0 fully saturated rings. The summed E-state index contributed by atoms with van der Waals surface area (Å²) in [6.07, 6.45) is 0. The Hall–Kier alpha value is -1.33. The third-order valence-electron chi connectivity index (χ3n) is 2.30. The maximum atomic E-state index is 11.4. The fourth-order valence-electron chi connectivity index (χ4n) is 1.37. The molecule has 0 saturated carbocycles. The second kappa shape index (κ2) is 6.21. The largest absolute Gasteiger partial charge is 1.00 e. The topological polar surface area (TPSA) is 121 Å². The van der Waals surface area contributed by atoms with Gasteiger partial charge in [-0.05, 0) is 24.6 Å². The number of carboxylic acid groups (broad SMARTS) is 1. The van der Waals surface area contributed by atoms with Gasteiger partial charge in [-0.3, -0.25) is 4.55 Å². The van der Waals surface area contributed by atoms with E-state index in [2.05, 4.69) is 4.74 Å². The van der Waals surface area contributed by atoms with Gasteiger partial charge in [-0.25, -0.2) is 4.79 Å². The van der Waals surface area contributed by atoms with E-state index < -0.39 is 32.5 Å². The maximum absolute atomic E-state index is 11.4. The first-order valence-electron chi connectivity index (χ1n) is 4.60. The van der Waals surface area contributed by atoms with Crippen molar-refractivity contribution in [2.45, 2.75) is 11.8 Å². The van der Waals surface area contributed by atoms with Gasteiger partial charge in [-0.2, -0.15) is 8.42 Å². The maximum Gasteiger partial charge on any atom is 1.00 e. The summed E-state index contributed by atoms with van der Waals surface area (Å²) in [4.78, 5) is 21.5. The van der Waals surface area contributed by atoms with Gasteiger partial charge in [0, 0.05) is 5.56 Å². The van der Waals surface area contributed by atoms with E-state index >= 15 is 0 Å². The second-order valence-electron chi connectivity index (χ2n) is 3.40. The van der Waals surface area contributed by atoms with E-state index in [0.29, 0.717) is 6.07 Å². The molecule has 1 aromatic rings. The first-order chi connectivity index (χ1) is 8.18. The molecule has 0 bridgehead atoms. The molecule has 0 radical (unpaired) electrons. The molecular formula is C10H9LiO7S. The molecule has 0 aromatic heterocycles. The van der Waals surface area contributed by atoms with Gasteiger partial charge in [0.15, 0.2) is 0 Å². The fourth-order valence-corrected chi connectivity index (χ4v) is 1.90. The Morgan fingerprint density at radius 2 is 1.74 bits per heavy atom. The summed E-state index contributed by atoms with van der Waals surface area (Å²) >= 11 is 0. The molecule has 9 heteroatoms. The number of ether oxygens (including phenoxy) is 1. The number of aromatic carboxylic acids is 1. The third-order valence-corrected chi connectivity index (χ3v) is 3.14. The summed E-state index contributed by atoms with van der Waals surface area (Å²) in [6.45, 7) is 1.30. The number of hydrogen-bond donors (Lipinski definition) is 1. The monoisotopic (exact) mass is 280 g/mol. The van der Waals surface area contributed by atoms with E-state index in [1.807, 2.05) is 0 Å². The van der Waals surface area contributed by atoms with Crippen LogP contribution in [0.1, 0.15) is 26.3 Å². The van der Waals surface area contributed by atoms with Crippen molar-refractivity contribution < 1.29 is 51.3 Å². The first-order valence-corrected chi connectivity index (χ1v) is 6.04. The van der Waals surface area contributed by atoms with Crippen LogP contribution in [0.15, 0.2) is 17.0 Å². The van der Waals surface area contributed by atoms with Crippen LogP contribution in [0.25, 0.3) is 0 Å². The minimum absolute atomic E-state index is 0. The van der Waals surface area contributed by atoms with Crippen LogP contribution in [0.2, 0.25) is 0 Å². The number of carbonyl (C=O) groups is 2. The van der Waals surface area contributed by atoms with Crippen molar-refractivity contribution >= 4 is 22.1 Å². The van der Waals surface area contributed by atoms with Crippen LogP contribution in [0.4, 0.5) is 0 Å². The van der Waals surface area contributed by atoms with Crippen molar-refractivity contribution in [1.82, 2.24) is 0 Å². The van der Waals surface area contributed by atoms with Crippen molar-refractivity contribution in [3.63, 3.8) is 0 Å². The normalized spacial score (nSPS) is 10.5. The standard InChI is InChI=1S/C10H10O7S.Li/c1-5-7(9(11)12)3-6(18(14,15)16)4-8(5)10(13)17-2;/h3-4H,1-2H3,(H,11,12)(H,14,15,16);/q;+1/p-1. The Bertz CT molecular complexity index is 621. The van der Waals surface area contributed by atoms with E-state index in [1.54, 1.807) is 0 Å². The van der Waals surface area contributed by atoms with Crippen molar-refractivity contribution in [1.29, 1.82) is 0 Å². The van der Waals surface area contributed by atoms with Crippen LogP contribution in [0.3, 0.4) is 0 Å². The first kappa shape index (κ1) is 17.7. The number of carbonyl (C=O) groups excluding carboxylic acids is 2. The summed E-state index contributed by atoms with van der Waals surface area (Å²) in [5, 5.41) is 10.8. The van der Waals surface area contributed by atoms with Crippen LogP contribution < -0.4 is 24.0 Å². The number of benzene rings is 1. The molecule has 7 nitrogen and oxygen atoms in total. The average Bonchev–Trinajstić information content (AvgIpc) is 2.26. The van der Waals surface area contributed by atoms with E-state index in [4.69, 9.17) is 4.55 Å². The fraction of sp³-hybridized carbons (Fsp3) is 0.200. The Balaban J connectivity index is 0.00000324. The zero-order valence-electron chi connectivity index (χ0n) is 10.5. The smallest absolute Gasteiger partial charge is 0.545 e. The van der Waals surface area contributed by atoms with Gasteiger partial charge in [-0.15, -0.1) is 0 Å². The van der Waals surface area contributed by atoms with Crippen molar-refractivity contribution in [2.75, 3.05) is 7.11 Å². The molecule has 0 unspecified atom stereocenters. The quantitative estimate of drug-likeness (QED) is 0.345. The summed E-state index contributed by atoms with van der Waals surface area (Å²) in [5.74, 6) is -2.58. The van der Waals surface area contributed by atoms with Crippen LogP contribution in [-0.4, -0.2) is 32.0 Å². The molecule has 98 valence electrons. The number of hydrogen-bond acceptors (Lipinski definition) is 6. The van der Waals surface area contributed by atoms with Gasteiger partial charge in [-0.1, -0.05) is 0 Å². The molecule has 1 aromatic carbocycles. The van der Waals surface area contributed by atoms with Crippen molar-refractivity contribution in [3.8, 4) is 0 Å². The van der Waals surface area contributed by atoms with Crippen LogP contribution >= 0.6 is 0 Å².